The van der Waals surface area contributed by atoms with E-state index in [0.29, 0.717) is 0 Å². The second-order valence-electron chi connectivity index (χ2n) is 20.6. The molecule has 0 aliphatic carbocycles. The molecule has 0 atom stereocenters. The van der Waals surface area contributed by atoms with Gasteiger partial charge >= 0.3 is 73.5 Å². The van der Waals surface area contributed by atoms with E-state index in [1.807, 2.05) is 21.3 Å². The van der Waals surface area contributed by atoms with Crippen LogP contribution in [0.2, 0.25) is 0 Å². The number of rotatable bonds is 12. The first kappa shape index (κ1) is 72.7. The lowest BCUT2D eigenvalue weighted by molar-refractivity contribution is -0.144. The summed E-state index contributed by atoms with van der Waals surface area (Å²) in [6, 6.07) is 14.3. The first-order valence-electron chi connectivity index (χ1n) is 26.8. The zero-order valence-electron chi connectivity index (χ0n) is 47.9. The van der Waals surface area contributed by atoms with Crippen LogP contribution in [0.4, 0.5) is 170 Å². The van der Waals surface area contributed by atoms with Crippen LogP contribution in [0.15, 0.2) is 170 Å². The van der Waals surface area contributed by atoms with Crippen molar-refractivity contribution in [3.05, 3.63) is 237 Å². The summed E-state index contributed by atoms with van der Waals surface area (Å²) < 4.78 is 327. The van der Waals surface area contributed by atoms with Gasteiger partial charge in [0.2, 0.25) is 0 Å². The zero-order valence-corrected chi connectivity index (χ0v) is 47.9. The number of anilines is 8. The Morgan fingerprint density at radius 2 is 0.306 bits per heavy atom. The van der Waals surface area contributed by atoms with E-state index in [2.05, 4.69) is 21.3 Å². The van der Waals surface area contributed by atoms with Crippen molar-refractivity contribution in [1.29, 1.82) is 0 Å². The number of amides is 8. The second kappa shape index (κ2) is 27.2. The van der Waals surface area contributed by atoms with E-state index in [4.69, 9.17) is 0 Å². The molecule has 0 radical (unpaired) electrons. The van der Waals surface area contributed by atoms with Crippen LogP contribution in [0.3, 0.4) is 0 Å². The van der Waals surface area contributed by atoms with Gasteiger partial charge in [-0.2, -0.15) is 105 Å². The van der Waals surface area contributed by atoms with Crippen LogP contribution in [0.1, 0.15) is 66.8 Å². The molecule has 12 nitrogen and oxygen atoms in total. The van der Waals surface area contributed by atoms with Gasteiger partial charge in [0.25, 0.3) is 0 Å². The normalized spacial score (nSPS) is 12.4. The van der Waals surface area contributed by atoms with Crippen molar-refractivity contribution in [3.8, 4) is 0 Å². The SMILES string of the molecule is O=C(Nc1ccc(C(=C(c2ccc(NC(=O)Nc3cc(C(F)(F)F)cc(C(F)(F)F)c3)cc2)c2ccc(NC(=O)Nc3cc(C(F)(F)F)cc(C(F)(F)F)c3)cc2)c2ccc(NC(=O)Nc3cc(C(F)(F)F)cc(C(F)(F)F)c3)cc2)cc1)Nc1cc(C(F)(F)F)cc(C(F)(F)F)c1. The number of nitrogens with one attached hydrogen (secondary N) is 8. The Balaban J connectivity index is 1.21. The molecule has 516 valence electrons. The number of benzene rings is 8. The lowest BCUT2D eigenvalue weighted by Gasteiger charge is -2.20. The zero-order chi connectivity index (χ0) is 72.5. The van der Waals surface area contributed by atoms with Crippen LogP contribution in [-0.4, -0.2) is 24.1 Å². The lowest BCUT2D eigenvalue weighted by Crippen LogP contribution is -2.21. The maximum absolute atomic E-state index is 13.6. The molecular formula is C62H36F24N8O4. The minimum atomic E-state index is -5.32. The Labute approximate surface area is 532 Å². The van der Waals surface area contributed by atoms with Crippen molar-refractivity contribution in [2.45, 2.75) is 49.4 Å². The fraction of sp³-hybridized carbons (Fsp3) is 0.129. The number of alkyl halides is 24. The van der Waals surface area contributed by atoms with Crippen molar-refractivity contribution in [1.82, 2.24) is 0 Å². The van der Waals surface area contributed by atoms with Crippen molar-refractivity contribution >= 4 is 80.8 Å². The molecule has 8 rings (SSSR count). The molecule has 8 N–H and O–H groups in total. The van der Waals surface area contributed by atoms with E-state index >= 15 is 0 Å². The van der Waals surface area contributed by atoms with Gasteiger partial charge in [-0.1, -0.05) is 48.5 Å². The molecule has 0 aromatic heterocycles. The molecule has 98 heavy (non-hydrogen) atoms. The van der Waals surface area contributed by atoms with Crippen LogP contribution in [-0.2, 0) is 49.4 Å². The molecule has 0 bridgehead atoms. The molecule has 0 unspecified atom stereocenters. The van der Waals surface area contributed by atoms with E-state index in [-0.39, 0.29) is 129 Å². The molecule has 0 fully saturated rings. The molecule has 0 aliphatic rings. The summed E-state index contributed by atoms with van der Waals surface area (Å²) in [4.78, 5) is 52.7. The highest BCUT2D eigenvalue weighted by molar-refractivity contribution is 6.07. The first-order valence-corrected chi connectivity index (χ1v) is 26.8. The molecule has 0 heterocycles. The Hall–Kier alpha value is -11.1. The molecule has 36 heteroatoms. The van der Waals surface area contributed by atoms with E-state index in [1.54, 1.807) is 0 Å². The van der Waals surface area contributed by atoms with Crippen LogP contribution in [0, 0.1) is 0 Å². The topological polar surface area (TPSA) is 165 Å². The third-order valence-corrected chi connectivity index (χ3v) is 13.4. The van der Waals surface area contributed by atoms with E-state index in [1.165, 1.54) is 48.5 Å². The summed E-state index contributed by atoms with van der Waals surface area (Å²) in [6.45, 7) is 0. The van der Waals surface area contributed by atoms with Gasteiger partial charge < -0.3 is 42.5 Å². The van der Waals surface area contributed by atoms with Gasteiger partial charge in [-0.25, -0.2) is 19.2 Å². The van der Waals surface area contributed by atoms with Crippen molar-refractivity contribution in [2.24, 2.45) is 0 Å². The van der Waals surface area contributed by atoms with Gasteiger partial charge in [0.1, 0.15) is 0 Å². The van der Waals surface area contributed by atoms with Gasteiger partial charge in [-0.05, 0) is 155 Å². The summed E-state index contributed by atoms with van der Waals surface area (Å²) in [5.74, 6) is 0. The number of halogens is 24. The molecule has 0 spiro atoms. The molecule has 8 amide bonds. The third-order valence-electron chi connectivity index (χ3n) is 13.4. The fourth-order valence-corrected chi connectivity index (χ4v) is 9.07. The number of carbonyl (C=O) groups excluding carboxylic acids is 4. The Morgan fingerprint density at radius 3 is 0.429 bits per heavy atom. The van der Waals surface area contributed by atoms with Gasteiger partial charge in [0.15, 0.2) is 0 Å². The lowest BCUT2D eigenvalue weighted by atomic mass is 9.85. The van der Waals surface area contributed by atoms with Crippen molar-refractivity contribution in [2.75, 3.05) is 42.5 Å². The average molecular weight is 1410 g/mol. The quantitative estimate of drug-likeness (QED) is 0.0451. The first-order chi connectivity index (χ1) is 45.1. The van der Waals surface area contributed by atoms with E-state index in [9.17, 15) is 125 Å². The van der Waals surface area contributed by atoms with Crippen LogP contribution in [0.25, 0.3) is 11.1 Å². The minimum absolute atomic E-state index is 0.0243. The second-order valence-corrected chi connectivity index (χ2v) is 20.6. The largest absolute Gasteiger partial charge is 0.416 e. The van der Waals surface area contributed by atoms with Crippen molar-refractivity contribution in [3.63, 3.8) is 0 Å². The number of urea groups is 4. The van der Waals surface area contributed by atoms with Crippen LogP contribution in [0.5, 0.6) is 0 Å². The van der Waals surface area contributed by atoms with E-state index < -0.39 is 141 Å². The highest BCUT2D eigenvalue weighted by Gasteiger charge is 2.41. The molecular weight excluding hydrogens is 1380 g/mol. The molecule has 0 aliphatic heterocycles. The average Bonchev–Trinajstić information content (AvgIpc) is 0.777. The fourth-order valence-electron chi connectivity index (χ4n) is 9.07. The maximum Gasteiger partial charge on any atom is 0.416 e. The summed E-state index contributed by atoms with van der Waals surface area (Å²) in [5.41, 5.74) is -18.8. The standard InChI is InChI=1S/C62H36F24N8O4/c63-55(64,65)33-17-34(56(66,67)68)22-45(21-33)91-51(95)87-41-9-1-29(2-10-41)49(30-3-11-42(12-4-30)88-52(96)92-46-23-35(57(69,70)71)18-36(24-46)58(72,73)74)50(31-5-13-43(14-6-31)89-53(97)93-47-25-37(59(75,76)77)19-38(26-47)60(78,79)80)32-7-15-44(16-8-32)90-54(98)94-48-27-39(61(81,82)83)20-40(28-48)62(84,85)86/h1-28H,(H2,87,91,95)(H2,88,92,96)(H2,89,93,97)(H2,90,94,98). The van der Waals surface area contributed by atoms with Crippen LogP contribution < -0.4 is 42.5 Å². The third kappa shape index (κ3) is 19.1. The monoisotopic (exact) mass is 1410 g/mol. The van der Waals surface area contributed by atoms with Gasteiger partial charge in [-0.3, -0.25) is 0 Å². The molecule has 0 saturated carbocycles. The maximum atomic E-state index is 13.6. The molecule has 0 saturated heterocycles. The summed E-state index contributed by atoms with van der Waals surface area (Å²) >= 11 is 0. The Bertz CT molecular complexity index is 3650. The van der Waals surface area contributed by atoms with Crippen molar-refractivity contribution < 1.29 is 125 Å². The smallest absolute Gasteiger partial charge is 0.308 e. The predicted molar refractivity (Wildman–Crippen MR) is 307 cm³/mol. The number of carbonyl (C=O) groups is 4. The van der Waals surface area contributed by atoms with Crippen LogP contribution >= 0.6 is 0 Å². The van der Waals surface area contributed by atoms with Gasteiger partial charge in [0.05, 0.1) is 44.5 Å². The summed E-state index contributed by atoms with van der Waals surface area (Å²) in [6.07, 6.45) is -42.6. The van der Waals surface area contributed by atoms with Gasteiger partial charge in [-0.15, -0.1) is 0 Å². The predicted octanol–water partition coefficient (Wildman–Crippen LogP) is 21.4. The summed E-state index contributed by atoms with van der Waals surface area (Å²) in [5, 5.41) is 16.3. The molecule has 8 aromatic rings. The highest BCUT2D eigenvalue weighted by Crippen LogP contribution is 2.44. The number of hydrogen-bond donors (Lipinski definition) is 8. The van der Waals surface area contributed by atoms with E-state index in [0.717, 1.165) is 48.5 Å². The Morgan fingerprint density at radius 1 is 0.184 bits per heavy atom. The Kier molecular flexibility index (Phi) is 20.2. The number of hydrogen-bond acceptors (Lipinski definition) is 4. The van der Waals surface area contributed by atoms with Gasteiger partial charge in [0, 0.05) is 45.5 Å². The minimum Gasteiger partial charge on any atom is -0.308 e. The molecule has 8 aromatic carbocycles. The summed E-state index contributed by atoms with van der Waals surface area (Å²) in [7, 11) is 0. The highest BCUT2D eigenvalue weighted by atomic mass is 19.4.